The molecule has 0 atom stereocenters. The van der Waals surface area contributed by atoms with E-state index in [-0.39, 0.29) is 12.6 Å². The first-order chi connectivity index (χ1) is 7.36. The van der Waals surface area contributed by atoms with E-state index in [0.717, 1.165) is 24.7 Å². The minimum Gasteiger partial charge on any atom is -0.356 e. The Labute approximate surface area is 88.3 Å². The van der Waals surface area contributed by atoms with Gasteiger partial charge in [-0.15, -0.1) is 0 Å². The van der Waals surface area contributed by atoms with Crippen LogP contribution in [0.25, 0.3) is 0 Å². The van der Waals surface area contributed by atoms with Gasteiger partial charge in [-0.2, -0.15) is 0 Å². The molecular weight excluding hydrogens is 193 g/mol. The molecule has 0 N–H and O–H groups in total. The van der Waals surface area contributed by atoms with Gasteiger partial charge in [-0.05, 0) is 18.9 Å². The van der Waals surface area contributed by atoms with Crippen molar-refractivity contribution < 1.29 is 4.39 Å². The van der Waals surface area contributed by atoms with E-state index in [1.54, 1.807) is 0 Å². The van der Waals surface area contributed by atoms with Crippen LogP contribution in [0.2, 0.25) is 0 Å². The van der Waals surface area contributed by atoms with Gasteiger partial charge >= 0.3 is 0 Å². The molecule has 0 spiro atoms. The van der Waals surface area contributed by atoms with Crippen molar-refractivity contribution in [1.29, 1.82) is 0 Å². The summed E-state index contributed by atoms with van der Waals surface area (Å²) in [6, 6.07) is 1.92. The SMILES string of the molecule is FCC1CN(c2ccnc(C3CC3)n2)C1. The third-order valence-electron chi connectivity index (χ3n) is 3.10. The molecule has 1 aliphatic heterocycles. The van der Waals surface area contributed by atoms with Gasteiger partial charge in [0.25, 0.3) is 0 Å². The highest BCUT2D eigenvalue weighted by Gasteiger charge is 2.30. The van der Waals surface area contributed by atoms with Crippen LogP contribution in [0.1, 0.15) is 24.6 Å². The molecule has 0 radical (unpaired) electrons. The van der Waals surface area contributed by atoms with Gasteiger partial charge in [-0.25, -0.2) is 9.97 Å². The summed E-state index contributed by atoms with van der Waals surface area (Å²) in [5.74, 6) is 2.74. The van der Waals surface area contributed by atoms with Crippen LogP contribution in [0.5, 0.6) is 0 Å². The maximum Gasteiger partial charge on any atom is 0.133 e. The molecule has 4 heteroatoms. The van der Waals surface area contributed by atoms with Crippen molar-refractivity contribution in [2.24, 2.45) is 5.92 Å². The lowest BCUT2D eigenvalue weighted by Crippen LogP contribution is -2.48. The maximum absolute atomic E-state index is 12.3. The first-order valence-electron chi connectivity index (χ1n) is 5.50. The quantitative estimate of drug-likeness (QED) is 0.756. The van der Waals surface area contributed by atoms with Crippen LogP contribution in [0.4, 0.5) is 10.2 Å². The van der Waals surface area contributed by atoms with Crippen molar-refractivity contribution in [1.82, 2.24) is 9.97 Å². The molecule has 0 amide bonds. The molecule has 80 valence electrons. The third-order valence-corrected chi connectivity index (χ3v) is 3.10. The average Bonchev–Trinajstić information content (AvgIpc) is 3.00. The van der Waals surface area contributed by atoms with E-state index in [2.05, 4.69) is 14.9 Å². The standard InChI is InChI=1S/C11H14FN3/c12-5-8-6-15(7-8)10-3-4-13-11(14-10)9-1-2-9/h3-4,8-9H,1-2,5-7H2. The van der Waals surface area contributed by atoms with Gasteiger partial charge in [0.05, 0.1) is 6.67 Å². The number of hydrogen-bond acceptors (Lipinski definition) is 3. The van der Waals surface area contributed by atoms with E-state index in [1.807, 2.05) is 12.3 Å². The number of halogens is 1. The summed E-state index contributed by atoms with van der Waals surface area (Å²) in [7, 11) is 0. The minimum atomic E-state index is -0.211. The molecule has 1 saturated carbocycles. The van der Waals surface area contributed by atoms with Crippen LogP contribution in [-0.4, -0.2) is 29.7 Å². The molecule has 0 bridgehead atoms. The Bertz CT molecular complexity index is 359. The predicted octanol–water partition coefficient (Wildman–Crippen LogP) is 1.76. The van der Waals surface area contributed by atoms with Gasteiger partial charge in [-0.1, -0.05) is 0 Å². The Morgan fingerprint density at radius 1 is 1.40 bits per heavy atom. The summed E-state index contributed by atoms with van der Waals surface area (Å²) in [6.45, 7) is 1.40. The van der Waals surface area contributed by atoms with Crippen molar-refractivity contribution >= 4 is 5.82 Å². The Morgan fingerprint density at radius 2 is 2.20 bits per heavy atom. The molecular formula is C11H14FN3. The van der Waals surface area contributed by atoms with E-state index in [4.69, 9.17) is 0 Å². The largest absolute Gasteiger partial charge is 0.356 e. The van der Waals surface area contributed by atoms with Crippen molar-refractivity contribution in [3.63, 3.8) is 0 Å². The van der Waals surface area contributed by atoms with E-state index in [0.29, 0.717) is 5.92 Å². The van der Waals surface area contributed by atoms with Crippen LogP contribution >= 0.6 is 0 Å². The van der Waals surface area contributed by atoms with Crippen LogP contribution in [0.3, 0.4) is 0 Å². The number of aromatic nitrogens is 2. The number of nitrogens with zero attached hydrogens (tertiary/aromatic N) is 3. The van der Waals surface area contributed by atoms with E-state index >= 15 is 0 Å². The zero-order valence-corrected chi connectivity index (χ0v) is 8.56. The fourth-order valence-corrected chi connectivity index (χ4v) is 1.93. The second kappa shape index (κ2) is 3.43. The molecule has 3 rings (SSSR count). The van der Waals surface area contributed by atoms with Gasteiger partial charge in [0, 0.05) is 31.1 Å². The second-order valence-corrected chi connectivity index (χ2v) is 4.47. The summed E-state index contributed by atoms with van der Waals surface area (Å²) in [6.07, 6.45) is 4.26. The number of anilines is 1. The Kier molecular flexibility index (Phi) is 2.08. The molecule has 15 heavy (non-hydrogen) atoms. The van der Waals surface area contributed by atoms with Gasteiger partial charge < -0.3 is 4.90 Å². The van der Waals surface area contributed by atoms with Crippen molar-refractivity contribution in [3.05, 3.63) is 18.1 Å². The van der Waals surface area contributed by atoms with Crippen LogP contribution in [0, 0.1) is 5.92 Å². The van der Waals surface area contributed by atoms with E-state index < -0.39 is 0 Å². The molecule has 1 aliphatic carbocycles. The molecule has 0 unspecified atom stereocenters. The predicted molar refractivity (Wildman–Crippen MR) is 55.7 cm³/mol. The van der Waals surface area contributed by atoms with Gasteiger partial charge in [0.15, 0.2) is 0 Å². The lowest BCUT2D eigenvalue weighted by molar-refractivity contribution is 0.304. The second-order valence-electron chi connectivity index (χ2n) is 4.47. The summed E-state index contributed by atoms with van der Waals surface area (Å²) in [5.41, 5.74) is 0. The summed E-state index contributed by atoms with van der Waals surface area (Å²) in [4.78, 5) is 10.9. The molecule has 1 aromatic heterocycles. The normalized spacial score (nSPS) is 21.5. The van der Waals surface area contributed by atoms with Crippen molar-refractivity contribution in [2.45, 2.75) is 18.8 Å². The molecule has 2 aliphatic rings. The van der Waals surface area contributed by atoms with Crippen molar-refractivity contribution in [3.8, 4) is 0 Å². The Morgan fingerprint density at radius 3 is 2.87 bits per heavy atom. The van der Waals surface area contributed by atoms with Crippen LogP contribution < -0.4 is 4.90 Å². The fourth-order valence-electron chi connectivity index (χ4n) is 1.93. The van der Waals surface area contributed by atoms with E-state index in [9.17, 15) is 4.39 Å². The lowest BCUT2D eigenvalue weighted by Gasteiger charge is -2.38. The van der Waals surface area contributed by atoms with Gasteiger partial charge in [-0.3, -0.25) is 4.39 Å². The highest BCUT2D eigenvalue weighted by molar-refractivity contribution is 5.41. The van der Waals surface area contributed by atoms with Crippen LogP contribution in [0.15, 0.2) is 12.3 Å². The Hall–Kier alpha value is -1.19. The van der Waals surface area contributed by atoms with E-state index in [1.165, 1.54) is 12.8 Å². The maximum atomic E-state index is 12.3. The number of alkyl halides is 1. The molecule has 3 nitrogen and oxygen atoms in total. The molecule has 0 aromatic carbocycles. The molecule has 2 heterocycles. The van der Waals surface area contributed by atoms with Crippen molar-refractivity contribution in [2.75, 3.05) is 24.7 Å². The smallest absolute Gasteiger partial charge is 0.133 e. The molecule has 1 saturated heterocycles. The summed E-state index contributed by atoms with van der Waals surface area (Å²) in [5, 5.41) is 0. The Balaban J connectivity index is 1.72. The molecule has 2 fully saturated rings. The first-order valence-corrected chi connectivity index (χ1v) is 5.50. The first kappa shape index (κ1) is 9.07. The fraction of sp³-hybridized carbons (Fsp3) is 0.636. The molecule has 1 aromatic rings. The summed E-state index contributed by atoms with van der Waals surface area (Å²) >= 11 is 0. The monoisotopic (exact) mass is 207 g/mol. The van der Waals surface area contributed by atoms with Crippen LogP contribution in [-0.2, 0) is 0 Å². The number of rotatable bonds is 3. The average molecular weight is 207 g/mol. The summed E-state index contributed by atoms with van der Waals surface area (Å²) < 4.78 is 12.3. The zero-order chi connectivity index (χ0) is 10.3. The lowest BCUT2D eigenvalue weighted by atomic mass is 10.0. The minimum absolute atomic E-state index is 0.211. The topological polar surface area (TPSA) is 29.0 Å². The zero-order valence-electron chi connectivity index (χ0n) is 8.56. The highest BCUT2D eigenvalue weighted by Crippen LogP contribution is 2.38. The third kappa shape index (κ3) is 1.68. The van der Waals surface area contributed by atoms with Gasteiger partial charge in [0.1, 0.15) is 11.6 Å². The van der Waals surface area contributed by atoms with Gasteiger partial charge in [0.2, 0.25) is 0 Å². The highest BCUT2D eigenvalue weighted by atomic mass is 19.1. The number of hydrogen-bond donors (Lipinski definition) is 0.